The van der Waals surface area contributed by atoms with E-state index in [2.05, 4.69) is 20.2 Å². The molecule has 0 atom stereocenters. The van der Waals surface area contributed by atoms with E-state index in [-0.39, 0.29) is 12.7 Å². The summed E-state index contributed by atoms with van der Waals surface area (Å²) in [6.07, 6.45) is 3.74. The van der Waals surface area contributed by atoms with Gasteiger partial charge in [0.1, 0.15) is 17.8 Å². The molecule has 1 aromatic heterocycles. The maximum absolute atomic E-state index is 12.4. The predicted octanol–water partition coefficient (Wildman–Crippen LogP) is 2.06. The molecule has 2 aromatic rings. The standard InChI is InChI=1S/C16H16N4O3/c21-16(19-11-3-4-13-14(7-11)23-10-22-13)12-8-15(18-9-17-12)20-5-1-2-6-20/h3-4,7-9H,1-2,5-6,10H2,(H,19,21). The molecular formula is C16H16N4O3. The van der Waals surface area contributed by atoms with E-state index in [1.807, 2.05) is 0 Å². The van der Waals surface area contributed by atoms with Gasteiger partial charge in [-0.3, -0.25) is 4.79 Å². The fraction of sp³-hybridized carbons (Fsp3) is 0.312. The van der Waals surface area contributed by atoms with Crippen molar-refractivity contribution in [3.8, 4) is 11.5 Å². The SMILES string of the molecule is O=C(Nc1ccc2c(c1)OCO2)c1cc(N2CCCC2)ncn1. The molecule has 0 bridgehead atoms. The van der Waals surface area contributed by atoms with Crippen molar-refractivity contribution in [2.24, 2.45) is 0 Å². The molecule has 7 heteroatoms. The van der Waals surface area contributed by atoms with Crippen molar-refractivity contribution < 1.29 is 14.3 Å². The van der Waals surface area contributed by atoms with Gasteiger partial charge < -0.3 is 19.7 Å². The smallest absolute Gasteiger partial charge is 0.274 e. The normalized spacial score (nSPS) is 15.7. The molecule has 1 aromatic carbocycles. The monoisotopic (exact) mass is 312 g/mol. The molecule has 0 spiro atoms. The molecule has 0 unspecified atom stereocenters. The Bertz CT molecular complexity index is 744. The number of benzene rings is 1. The number of nitrogens with zero attached hydrogens (tertiary/aromatic N) is 3. The Hall–Kier alpha value is -2.83. The highest BCUT2D eigenvalue weighted by atomic mass is 16.7. The molecule has 23 heavy (non-hydrogen) atoms. The first kappa shape index (κ1) is 13.8. The van der Waals surface area contributed by atoms with Gasteiger partial charge in [-0.05, 0) is 25.0 Å². The van der Waals surface area contributed by atoms with E-state index in [0.717, 1.165) is 31.7 Å². The summed E-state index contributed by atoms with van der Waals surface area (Å²) in [5.41, 5.74) is 0.986. The number of hydrogen-bond acceptors (Lipinski definition) is 6. The molecule has 1 amide bonds. The Kier molecular flexibility index (Phi) is 3.45. The lowest BCUT2D eigenvalue weighted by Crippen LogP contribution is -2.21. The molecular weight excluding hydrogens is 296 g/mol. The van der Waals surface area contributed by atoms with Crippen LogP contribution in [0.4, 0.5) is 11.5 Å². The molecule has 0 radical (unpaired) electrons. The van der Waals surface area contributed by atoms with Gasteiger partial charge in [0.05, 0.1) is 0 Å². The van der Waals surface area contributed by atoms with E-state index in [4.69, 9.17) is 9.47 Å². The Labute approximate surface area is 133 Å². The van der Waals surface area contributed by atoms with Gasteiger partial charge in [-0.25, -0.2) is 9.97 Å². The largest absolute Gasteiger partial charge is 0.454 e. The van der Waals surface area contributed by atoms with E-state index >= 15 is 0 Å². The first-order valence-corrected chi connectivity index (χ1v) is 7.57. The molecule has 1 saturated heterocycles. The van der Waals surface area contributed by atoms with Crippen molar-refractivity contribution in [1.29, 1.82) is 0 Å². The first-order chi connectivity index (χ1) is 11.3. The van der Waals surface area contributed by atoms with Gasteiger partial charge in [0.15, 0.2) is 11.5 Å². The van der Waals surface area contributed by atoms with Crippen molar-refractivity contribution in [1.82, 2.24) is 9.97 Å². The fourth-order valence-electron chi connectivity index (χ4n) is 2.76. The topological polar surface area (TPSA) is 76.6 Å². The first-order valence-electron chi connectivity index (χ1n) is 7.57. The summed E-state index contributed by atoms with van der Waals surface area (Å²) >= 11 is 0. The highest BCUT2D eigenvalue weighted by Gasteiger charge is 2.18. The third kappa shape index (κ3) is 2.77. The number of nitrogens with one attached hydrogen (secondary N) is 1. The van der Waals surface area contributed by atoms with Crippen LogP contribution in [0.1, 0.15) is 23.3 Å². The van der Waals surface area contributed by atoms with Crippen LogP contribution in [0.15, 0.2) is 30.6 Å². The summed E-state index contributed by atoms with van der Waals surface area (Å²) in [5.74, 6) is 1.84. The average molecular weight is 312 g/mol. The molecule has 3 heterocycles. The maximum Gasteiger partial charge on any atom is 0.274 e. The molecule has 2 aliphatic heterocycles. The lowest BCUT2D eigenvalue weighted by atomic mass is 10.2. The van der Waals surface area contributed by atoms with Crippen LogP contribution in [0.25, 0.3) is 0 Å². The number of amides is 1. The molecule has 1 N–H and O–H groups in total. The third-order valence-electron chi connectivity index (χ3n) is 3.95. The van der Waals surface area contributed by atoms with Crippen LogP contribution < -0.4 is 19.7 Å². The summed E-state index contributed by atoms with van der Waals surface area (Å²) in [6, 6.07) is 7.01. The maximum atomic E-state index is 12.4. The van der Waals surface area contributed by atoms with Crippen molar-refractivity contribution in [3.63, 3.8) is 0 Å². The van der Waals surface area contributed by atoms with Gasteiger partial charge in [-0.2, -0.15) is 0 Å². The van der Waals surface area contributed by atoms with Gasteiger partial charge in [0.25, 0.3) is 5.91 Å². The molecule has 118 valence electrons. The van der Waals surface area contributed by atoms with Crippen molar-refractivity contribution in [3.05, 3.63) is 36.3 Å². The molecule has 1 fully saturated rings. The Balaban J connectivity index is 1.51. The molecule has 7 nitrogen and oxygen atoms in total. The second kappa shape index (κ2) is 5.75. The summed E-state index contributed by atoms with van der Waals surface area (Å²) in [7, 11) is 0. The van der Waals surface area contributed by atoms with Gasteiger partial charge >= 0.3 is 0 Å². The molecule has 0 saturated carbocycles. The van der Waals surface area contributed by atoms with Crippen LogP contribution in [0.5, 0.6) is 11.5 Å². The van der Waals surface area contributed by atoms with Crippen LogP contribution in [0, 0.1) is 0 Å². The van der Waals surface area contributed by atoms with Crippen LogP contribution in [-0.2, 0) is 0 Å². The van der Waals surface area contributed by atoms with Crippen molar-refractivity contribution in [2.45, 2.75) is 12.8 Å². The number of fused-ring (bicyclic) bond motifs is 1. The lowest BCUT2D eigenvalue weighted by Gasteiger charge is -2.16. The van der Waals surface area contributed by atoms with E-state index in [1.54, 1.807) is 24.3 Å². The van der Waals surface area contributed by atoms with E-state index < -0.39 is 0 Å². The number of hydrogen-bond donors (Lipinski definition) is 1. The summed E-state index contributed by atoms with van der Waals surface area (Å²) in [5, 5.41) is 2.82. The number of anilines is 2. The molecule has 2 aliphatic rings. The molecule has 4 rings (SSSR count). The third-order valence-corrected chi connectivity index (χ3v) is 3.95. The lowest BCUT2D eigenvalue weighted by molar-refractivity contribution is 0.102. The average Bonchev–Trinajstić information content (AvgIpc) is 3.26. The summed E-state index contributed by atoms with van der Waals surface area (Å²) in [4.78, 5) is 22.9. The van der Waals surface area contributed by atoms with Crippen LogP contribution in [-0.4, -0.2) is 35.8 Å². The van der Waals surface area contributed by atoms with Crippen molar-refractivity contribution >= 4 is 17.4 Å². The van der Waals surface area contributed by atoms with Crippen LogP contribution in [0.3, 0.4) is 0 Å². The second-order valence-electron chi connectivity index (χ2n) is 5.48. The number of aromatic nitrogens is 2. The predicted molar refractivity (Wildman–Crippen MR) is 84.0 cm³/mol. The zero-order chi connectivity index (χ0) is 15.6. The van der Waals surface area contributed by atoms with Gasteiger partial charge in [-0.1, -0.05) is 0 Å². The van der Waals surface area contributed by atoms with Crippen LogP contribution in [0.2, 0.25) is 0 Å². The Morgan fingerprint density at radius 1 is 1.09 bits per heavy atom. The van der Waals surface area contributed by atoms with E-state index in [1.165, 1.54) is 6.33 Å². The summed E-state index contributed by atoms with van der Waals surface area (Å²) in [6.45, 7) is 2.15. The number of carbonyl (C=O) groups is 1. The van der Waals surface area contributed by atoms with Gasteiger partial charge in [-0.15, -0.1) is 0 Å². The van der Waals surface area contributed by atoms with Crippen LogP contribution >= 0.6 is 0 Å². The molecule has 0 aliphatic carbocycles. The second-order valence-corrected chi connectivity index (χ2v) is 5.48. The van der Waals surface area contributed by atoms with E-state index in [0.29, 0.717) is 22.9 Å². The minimum Gasteiger partial charge on any atom is -0.454 e. The summed E-state index contributed by atoms with van der Waals surface area (Å²) < 4.78 is 10.6. The Morgan fingerprint density at radius 2 is 1.91 bits per heavy atom. The quantitative estimate of drug-likeness (QED) is 0.935. The van der Waals surface area contributed by atoms with Crippen molar-refractivity contribution in [2.75, 3.05) is 30.1 Å². The number of carbonyl (C=O) groups excluding carboxylic acids is 1. The Morgan fingerprint density at radius 3 is 2.78 bits per heavy atom. The number of ether oxygens (including phenoxy) is 2. The minimum atomic E-state index is -0.272. The zero-order valence-corrected chi connectivity index (χ0v) is 12.5. The minimum absolute atomic E-state index is 0.206. The highest BCUT2D eigenvalue weighted by molar-refractivity contribution is 6.03. The highest BCUT2D eigenvalue weighted by Crippen LogP contribution is 2.34. The fourth-order valence-corrected chi connectivity index (χ4v) is 2.76. The van der Waals surface area contributed by atoms with Gasteiger partial charge in [0, 0.05) is 30.9 Å². The van der Waals surface area contributed by atoms with E-state index in [9.17, 15) is 4.79 Å². The zero-order valence-electron chi connectivity index (χ0n) is 12.5. The number of rotatable bonds is 3. The van der Waals surface area contributed by atoms with Gasteiger partial charge in [0.2, 0.25) is 6.79 Å².